The molecule has 2 N–H and O–H groups in total. The highest BCUT2D eigenvalue weighted by Gasteiger charge is 2.16. The first-order valence-corrected chi connectivity index (χ1v) is 6.63. The van der Waals surface area contributed by atoms with Crippen LogP contribution < -0.4 is 5.73 Å². The predicted octanol–water partition coefficient (Wildman–Crippen LogP) is 2.85. The van der Waals surface area contributed by atoms with Crippen molar-refractivity contribution in [2.24, 2.45) is 5.73 Å². The molecule has 0 amide bonds. The quantitative estimate of drug-likeness (QED) is 0.904. The van der Waals surface area contributed by atoms with Crippen molar-refractivity contribution in [3.63, 3.8) is 0 Å². The molecule has 0 bridgehead atoms. The standard InChI is InChI=1S/C13H17N3S/c1-3-5-11-13(17-16-15-11)12(14)10-7-4-6-9(2)8-10/h4,6-8,12H,3,5,14H2,1-2H3. The predicted molar refractivity (Wildman–Crippen MR) is 71.1 cm³/mol. The molecule has 1 heterocycles. The van der Waals surface area contributed by atoms with Crippen LogP contribution in [0.5, 0.6) is 0 Å². The van der Waals surface area contributed by atoms with Crippen molar-refractivity contribution in [3.8, 4) is 0 Å². The first-order chi connectivity index (χ1) is 8.22. The van der Waals surface area contributed by atoms with E-state index in [1.54, 1.807) is 0 Å². The van der Waals surface area contributed by atoms with E-state index in [-0.39, 0.29) is 6.04 Å². The van der Waals surface area contributed by atoms with E-state index in [1.807, 2.05) is 6.07 Å². The van der Waals surface area contributed by atoms with Gasteiger partial charge in [0.2, 0.25) is 0 Å². The molecule has 1 aromatic carbocycles. The topological polar surface area (TPSA) is 51.8 Å². The van der Waals surface area contributed by atoms with Gasteiger partial charge in [-0.05, 0) is 30.4 Å². The highest BCUT2D eigenvalue weighted by molar-refractivity contribution is 7.05. The summed E-state index contributed by atoms with van der Waals surface area (Å²) in [7, 11) is 0. The average Bonchev–Trinajstić information content (AvgIpc) is 2.77. The van der Waals surface area contributed by atoms with Gasteiger partial charge in [-0.3, -0.25) is 0 Å². The molecule has 90 valence electrons. The smallest absolute Gasteiger partial charge is 0.0807 e. The Balaban J connectivity index is 2.30. The summed E-state index contributed by atoms with van der Waals surface area (Å²) >= 11 is 1.41. The van der Waals surface area contributed by atoms with E-state index in [4.69, 9.17) is 5.73 Å². The molecule has 0 aliphatic carbocycles. The number of nitrogens with two attached hydrogens (primary N) is 1. The van der Waals surface area contributed by atoms with Crippen molar-refractivity contribution in [3.05, 3.63) is 46.0 Å². The lowest BCUT2D eigenvalue weighted by Gasteiger charge is -2.11. The molecule has 1 unspecified atom stereocenters. The molecule has 1 atom stereocenters. The van der Waals surface area contributed by atoms with Crippen molar-refractivity contribution < 1.29 is 0 Å². The van der Waals surface area contributed by atoms with Crippen LogP contribution in [0.25, 0.3) is 0 Å². The molecule has 0 saturated carbocycles. The first-order valence-electron chi connectivity index (χ1n) is 5.85. The van der Waals surface area contributed by atoms with Crippen LogP contribution in [0.1, 0.15) is 41.1 Å². The third-order valence-electron chi connectivity index (χ3n) is 2.76. The van der Waals surface area contributed by atoms with Crippen LogP contribution in [0.3, 0.4) is 0 Å². The van der Waals surface area contributed by atoms with Crippen molar-refractivity contribution in [1.29, 1.82) is 0 Å². The van der Waals surface area contributed by atoms with Gasteiger partial charge in [0.15, 0.2) is 0 Å². The maximum absolute atomic E-state index is 6.29. The number of benzene rings is 1. The maximum Gasteiger partial charge on any atom is 0.0807 e. The van der Waals surface area contributed by atoms with Crippen LogP contribution in [-0.4, -0.2) is 9.59 Å². The highest BCUT2D eigenvalue weighted by atomic mass is 32.1. The number of aromatic nitrogens is 2. The van der Waals surface area contributed by atoms with Crippen LogP contribution in [-0.2, 0) is 6.42 Å². The van der Waals surface area contributed by atoms with E-state index in [9.17, 15) is 0 Å². The minimum absolute atomic E-state index is 0.101. The molecule has 3 nitrogen and oxygen atoms in total. The molecule has 0 aliphatic rings. The fourth-order valence-electron chi connectivity index (χ4n) is 1.88. The summed E-state index contributed by atoms with van der Waals surface area (Å²) in [4.78, 5) is 1.09. The normalized spacial score (nSPS) is 12.6. The number of hydrogen-bond acceptors (Lipinski definition) is 4. The second-order valence-electron chi connectivity index (χ2n) is 4.23. The molecule has 1 aromatic heterocycles. The van der Waals surface area contributed by atoms with Gasteiger partial charge in [0.25, 0.3) is 0 Å². The molecule has 17 heavy (non-hydrogen) atoms. The Labute approximate surface area is 106 Å². The second-order valence-corrected chi connectivity index (χ2v) is 5.01. The molecule has 0 aliphatic heterocycles. The van der Waals surface area contributed by atoms with Crippen LogP contribution in [0.2, 0.25) is 0 Å². The number of nitrogens with zero attached hydrogens (tertiary/aromatic N) is 2. The lowest BCUT2D eigenvalue weighted by atomic mass is 10.0. The number of aryl methyl sites for hydroxylation is 2. The Kier molecular flexibility index (Phi) is 3.86. The summed E-state index contributed by atoms with van der Waals surface area (Å²) in [6.07, 6.45) is 2.02. The molecular formula is C13H17N3S. The average molecular weight is 247 g/mol. The summed E-state index contributed by atoms with van der Waals surface area (Å²) in [6, 6.07) is 8.20. The van der Waals surface area contributed by atoms with E-state index >= 15 is 0 Å². The number of rotatable bonds is 4. The molecular weight excluding hydrogens is 230 g/mol. The van der Waals surface area contributed by atoms with Crippen LogP contribution in [0, 0.1) is 6.92 Å². The molecule has 4 heteroatoms. The Morgan fingerprint density at radius 3 is 2.94 bits per heavy atom. The van der Waals surface area contributed by atoms with Gasteiger partial charge in [-0.15, -0.1) is 5.10 Å². The van der Waals surface area contributed by atoms with E-state index in [1.165, 1.54) is 17.1 Å². The van der Waals surface area contributed by atoms with E-state index in [2.05, 4.69) is 41.6 Å². The minimum Gasteiger partial charge on any atom is -0.320 e. The second kappa shape index (κ2) is 5.38. The van der Waals surface area contributed by atoms with Crippen molar-refractivity contribution >= 4 is 11.5 Å². The van der Waals surface area contributed by atoms with Crippen LogP contribution >= 0.6 is 11.5 Å². The summed E-state index contributed by atoms with van der Waals surface area (Å²) in [5.41, 5.74) is 9.70. The Hall–Kier alpha value is -1.26. The molecule has 2 rings (SSSR count). The largest absolute Gasteiger partial charge is 0.320 e. The lowest BCUT2D eigenvalue weighted by Crippen LogP contribution is -2.12. The van der Waals surface area contributed by atoms with Gasteiger partial charge in [-0.1, -0.05) is 47.7 Å². The van der Waals surface area contributed by atoms with Gasteiger partial charge >= 0.3 is 0 Å². The van der Waals surface area contributed by atoms with E-state index in [0.29, 0.717) is 0 Å². The van der Waals surface area contributed by atoms with Gasteiger partial charge in [0.1, 0.15) is 0 Å². The van der Waals surface area contributed by atoms with Crippen molar-refractivity contribution in [2.75, 3.05) is 0 Å². The monoisotopic (exact) mass is 247 g/mol. The van der Waals surface area contributed by atoms with Crippen molar-refractivity contribution in [2.45, 2.75) is 32.7 Å². The minimum atomic E-state index is -0.101. The summed E-state index contributed by atoms with van der Waals surface area (Å²) in [5.74, 6) is 0. The zero-order chi connectivity index (χ0) is 12.3. The van der Waals surface area contributed by atoms with Crippen molar-refractivity contribution in [1.82, 2.24) is 9.59 Å². The van der Waals surface area contributed by atoms with Crippen LogP contribution in [0.4, 0.5) is 0 Å². The molecule has 0 spiro atoms. The van der Waals surface area contributed by atoms with Gasteiger partial charge < -0.3 is 5.73 Å². The van der Waals surface area contributed by atoms with E-state index in [0.717, 1.165) is 29.0 Å². The maximum atomic E-state index is 6.29. The van der Waals surface area contributed by atoms with Gasteiger partial charge in [-0.25, -0.2) is 0 Å². The van der Waals surface area contributed by atoms with Gasteiger partial charge in [-0.2, -0.15) is 0 Å². The SMILES string of the molecule is CCCc1nnsc1C(N)c1cccc(C)c1. The third kappa shape index (κ3) is 2.70. The van der Waals surface area contributed by atoms with Gasteiger partial charge in [0, 0.05) is 0 Å². The Morgan fingerprint density at radius 2 is 2.24 bits per heavy atom. The Morgan fingerprint density at radius 1 is 1.41 bits per heavy atom. The molecule has 0 saturated heterocycles. The third-order valence-corrected chi connectivity index (χ3v) is 3.61. The molecule has 2 aromatic rings. The first kappa shape index (κ1) is 12.2. The summed E-state index contributed by atoms with van der Waals surface area (Å²) in [6.45, 7) is 4.22. The number of hydrogen-bond donors (Lipinski definition) is 1. The van der Waals surface area contributed by atoms with E-state index < -0.39 is 0 Å². The molecule has 0 fully saturated rings. The Bertz CT molecular complexity index is 493. The molecule has 0 radical (unpaired) electrons. The van der Waals surface area contributed by atoms with Gasteiger partial charge in [0.05, 0.1) is 16.6 Å². The highest BCUT2D eigenvalue weighted by Crippen LogP contribution is 2.26. The van der Waals surface area contributed by atoms with Crippen LogP contribution in [0.15, 0.2) is 24.3 Å². The lowest BCUT2D eigenvalue weighted by molar-refractivity contribution is 0.813. The fourth-order valence-corrected chi connectivity index (χ4v) is 2.60. The fraction of sp³-hybridized carbons (Fsp3) is 0.385. The summed E-state index contributed by atoms with van der Waals surface area (Å²) in [5, 5.41) is 4.16. The zero-order valence-electron chi connectivity index (χ0n) is 10.2. The zero-order valence-corrected chi connectivity index (χ0v) is 11.0. The summed E-state index contributed by atoms with van der Waals surface area (Å²) < 4.78 is 4.02.